The fourth-order valence-corrected chi connectivity index (χ4v) is 7.72. The molecule has 0 saturated carbocycles. The highest BCUT2D eigenvalue weighted by Gasteiger charge is 2.80. The Morgan fingerprint density at radius 3 is 2.60 bits per heavy atom. The number of hydrogen-bond acceptors (Lipinski definition) is 6. The number of allylic oxidation sites excluding steroid dienone is 1. The van der Waals surface area contributed by atoms with Crippen molar-refractivity contribution in [2.75, 3.05) is 24.7 Å². The first-order valence-electron chi connectivity index (χ1n) is 15.5. The van der Waals surface area contributed by atoms with Gasteiger partial charge in [0.25, 0.3) is 5.91 Å². The van der Waals surface area contributed by atoms with Crippen LogP contribution in [0.1, 0.15) is 52.9 Å². The van der Waals surface area contributed by atoms with Gasteiger partial charge in [-0.3, -0.25) is 14.4 Å². The molecule has 3 unspecified atom stereocenters. The van der Waals surface area contributed by atoms with Crippen LogP contribution < -0.4 is 4.90 Å². The van der Waals surface area contributed by atoms with E-state index in [0.717, 1.165) is 23.6 Å². The quantitative estimate of drug-likeness (QED) is 0.200. The number of hydrogen-bond donors (Lipinski definition) is 1. The molecule has 7 atom stereocenters. The van der Waals surface area contributed by atoms with E-state index < -0.39 is 41.1 Å². The molecule has 2 aromatic carbocycles. The summed E-state index contributed by atoms with van der Waals surface area (Å²) in [6, 6.07) is 12.1. The predicted octanol–water partition coefficient (Wildman–Crippen LogP) is 5.04. The van der Waals surface area contributed by atoms with Crippen molar-refractivity contribution in [1.82, 2.24) is 4.90 Å². The summed E-state index contributed by atoms with van der Waals surface area (Å²) in [6.45, 7) is 13.6. The molecule has 2 amide bonds. The lowest BCUT2D eigenvalue weighted by atomic mass is 9.62. The second-order valence-corrected chi connectivity index (χ2v) is 12.4. The lowest BCUT2D eigenvalue weighted by molar-refractivity contribution is -0.162. The fraction of sp³-hybridized carbons (Fsp3) is 0.514. The van der Waals surface area contributed by atoms with E-state index in [0.29, 0.717) is 24.9 Å². The molecule has 3 aliphatic heterocycles. The largest absolute Gasteiger partial charge is 0.465 e. The average Bonchev–Trinajstić information content (AvgIpc) is 3.52. The van der Waals surface area contributed by atoms with Gasteiger partial charge in [-0.1, -0.05) is 56.3 Å². The number of unbranched alkanes of at least 4 members (excludes halogenated alkanes) is 2. The van der Waals surface area contributed by atoms with Gasteiger partial charge in [-0.2, -0.15) is 0 Å². The van der Waals surface area contributed by atoms with Crippen molar-refractivity contribution in [3.05, 3.63) is 67.8 Å². The second-order valence-electron chi connectivity index (χ2n) is 12.4. The van der Waals surface area contributed by atoms with Crippen LogP contribution in [0.4, 0.5) is 5.69 Å². The minimum Gasteiger partial charge on any atom is -0.465 e. The van der Waals surface area contributed by atoms with Crippen LogP contribution in [0.15, 0.2) is 67.8 Å². The maximum absolute atomic E-state index is 14.8. The zero-order valence-electron chi connectivity index (χ0n) is 25.5. The van der Waals surface area contributed by atoms with Gasteiger partial charge in [0.2, 0.25) is 5.91 Å². The lowest BCUT2D eigenvalue weighted by Crippen LogP contribution is -2.59. The summed E-state index contributed by atoms with van der Waals surface area (Å²) in [6.07, 6.45) is 6.76. The number of carbonyl (C=O) groups is 3. The van der Waals surface area contributed by atoms with Crippen LogP contribution in [0.2, 0.25) is 0 Å². The molecule has 8 heteroatoms. The fourth-order valence-electron chi connectivity index (χ4n) is 7.72. The van der Waals surface area contributed by atoms with Gasteiger partial charge in [0.1, 0.15) is 17.6 Å². The highest BCUT2D eigenvalue weighted by atomic mass is 16.6. The number of fused-ring (bicyclic) bond motifs is 2. The molecule has 3 heterocycles. The number of anilines is 1. The van der Waals surface area contributed by atoms with E-state index in [-0.39, 0.29) is 37.5 Å². The first-order valence-corrected chi connectivity index (χ1v) is 15.5. The number of esters is 1. The van der Waals surface area contributed by atoms with Gasteiger partial charge in [0, 0.05) is 12.2 Å². The molecule has 3 aliphatic rings. The van der Waals surface area contributed by atoms with E-state index in [1.807, 2.05) is 69.3 Å². The van der Waals surface area contributed by atoms with Gasteiger partial charge < -0.3 is 24.4 Å². The van der Waals surface area contributed by atoms with E-state index >= 15 is 0 Å². The number of aliphatic hydroxyl groups excluding tert-OH is 1. The van der Waals surface area contributed by atoms with E-state index in [9.17, 15) is 19.5 Å². The van der Waals surface area contributed by atoms with Crippen molar-refractivity contribution < 1.29 is 29.0 Å². The van der Waals surface area contributed by atoms with E-state index in [4.69, 9.17) is 9.47 Å². The summed E-state index contributed by atoms with van der Waals surface area (Å²) < 4.78 is 12.6. The number of aliphatic hydroxyl groups is 1. The molecule has 1 spiro atoms. The number of benzene rings is 2. The maximum atomic E-state index is 14.8. The first kappa shape index (κ1) is 31.0. The van der Waals surface area contributed by atoms with Crippen LogP contribution in [-0.2, 0) is 23.9 Å². The number of amides is 2. The first-order chi connectivity index (χ1) is 20.7. The maximum Gasteiger partial charge on any atom is 0.312 e. The van der Waals surface area contributed by atoms with Crippen LogP contribution in [0.5, 0.6) is 0 Å². The van der Waals surface area contributed by atoms with Crippen LogP contribution in [0, 0.1) is 17.8 Å². The Bertz CT molecular complexity index is 1400. The molecule has 5 rings (SSSR count). The smallest absolute Gasteiger partial charge is 0.312 e. The number of carbonyl (C=O) groups excluding carboxylic acids is 3. The predicted molar refractivity (Wildman–Crippen MR) is 166 cm³/mol. The average molecular weight is 589 g/mol. The van der Waals surface area contributed by atoms with Crippen molar-refractivity contribution in [2.24, 2.45) is 17.8 Å². The molecule has 3 saturated heterocycles. The van der Waals surface area contributed by atoms with E-state index in [2.05, 4.69) is 13.2 Å². The Morgan fingerprint density at radius 1 is 1.19 bits per heavy atom. The van der Waals surface area contributed by atoms with Gasteiger partial charge in [-0.25, -0.2) is 0 Å². The van der Waals surface area contributed by atoms with Crippen molar-refractivity contribution >= 4 is 34.2 Å². The molecule has 0 aliphatic carbocycles. The zero-order chi connectivity index (χ0) is 30.9. The van der Waals surface area contributed by atoms with E-state index in [1.165, 1.54) is 4.90 Å². The summed E-state index contributed by atoms with van der Waals surface area (Å²) >= 11 is 0. The third kappa shape index (κ3) is 4.98. The molecule has 1 N–H and O–H groups in total. The molecule has 230 valence electrons. The van der Waals surface area contributed by atoms with E-state index in [1.54, 1.807) is 11.0 Å². The third-order valence-corrected chi connectivity index (χ3v) is 9.99. The Morgan fingerprint density at radius 2 is 1.93 bits per heavy atom. The van der Waals surface area contributed by atoms with Crippen LogP contribution in [0.3, 0.4) is 0 Å². The summed E-state index contributed by atoms with van der Waals surface area (Å²) in [5.74, 6) is -2.95. The Labute approximate surface area is 254 Å². The molecule has 0 radical (unpaired) electrons. The van der Waals surface area contributed by atoms with Gasteiger partial charge in [0.15, 0.2) is 0 Å². The summed E-state index contributed by atoms with van der Waals surface area (Å²) in [4.78, 5) is 46.2. The molecule has 3 fully saturated rings. The molecule has 2 bridgehead atoms. The van der Waals surface area contributed by atoms with Crippen LogP contribution in [0.25, 0.3) is 10.8 Å². The number of likely N-dealkylation sites (tertiary alicyclic amines) is 1. The summed E-state index contributed by atoms with van der Waals surface area (Å²) in [5, 5.41) is 12.4. The molecular weight excluding hydrogens is 544 g/mol. The van der Waals surface area contributed by atoms with Crippen LogP contribution in [-0.4, -0.2) is 70.8 Å². The Hall–Kier alpha value is -3.49. The second kappa shape index (κ2) is 12.2. The summed E-state index contributed by atoms with van der Waals surface area (Å²) in [7, 11) is 0. The van der Waals surface area contributed by atoms with Crippen molar-refractivity contribution in [2.45, 2.75) is 76.2 Å². The normalized spacial score (nSPS) is 29.9. The molecular formula is C35H44N2O6. The van der Waals surface area contributed by atoms with Gasteiger partial charge in [-0.15, -0.1) is 13.2 Å². The minimum atomic E-state index is -1.23. The van der Waals surface area contributed by atoms with Gasteiger partial charge in [0.05, 0.1) is 30.8 Å². The third-order valence-electron chi connectivity index (χ3n) is 9.99. The SMILES string of the molecule is C=CCCCCOC(=O)[C@H]1[C@H]2C(=O)N([C@@H](CC)CO)C(C(=O)N(CC=C)c3ccc4ccccc4c3)C23CC(C)[C@]1(C)O3. The monoisotopic (exact) mass is 588 g/mol. The standard InChI is InChI=1S/C35H44N2O6/c1-6-9-10-13-19-42-33(41)29-28-31(39)37(26(8-3)22-38)30(35(28)21-23(4)34(29,5)43-35)32(40)36(18-7-2)27-17-16-24-14-11-12-15-25(24)20-27/h6-7,11-12,14-17,20,23,26,28-30,38H,1-2,8-10,13,18-19,21-22H2,3-5H3/t23?,26-,28-,29+,30?,34-,35?/m0/s1. The zero-order valence-corrected chi connectivity index (χ0v) is 25.5. The number of rotatable bonds is 13. The molecule has 43 heavy (non-hydrogen) atoms. The Kier molecular flexibility index (Phi) is 8.82. The molecule has 8 nitrogen and oxygen atoms in total. The highest BCUT2D eigenvalue weighted by Crippen LogP contribution is 2.65. The molecule has 2 aromatic rings. The number of nitrogens with zero attached hydrogens (tertiary/aromatic N) is 2. The van der Waals surface area contributed by atoms with Crippen molar-refractivity contribution in [3.8, 4) is 0 Å². The summed E-state index contributed by atoms with van der Waals surface area (Å²) in [5.41, 5.74) is -1.51. The minimum absolute atomic E-state index is 0.104. The topological polar surface area (TPSA) is 96.4 Å². The van der Waals surface area contributed by atoms with Crippen LogP contribution >= 0.6 is 0 Å². The highest BCUT2D eigenvalue weighted by molar-refractivity contribution is 6.05. The lowest BCUT2D eigenvalue weighted by Gasteiger charge is -2.39. The molecule has 0 aromatic heterocycles. The van der Waals surface area contributed by atoms with Crippen molar-refractivity contribution in [1.29, 1.82) is 0 Å². The van der Waals surface area contributed by atoms with Gasteiger partial charge >= 0.3 is 5.97 Å². The number of ether oxygens (including phenoxy) is 2. The van der Waals surface area contributed by atoms with Crippen molar-refractivity contribution in [3.63, 3.8) is 0 Å². The van der Waals surface area contributed by atoms with Gasteiger partial charge in [-0.05, 0) is 67.9 Å². The Balaban J connectivity index is 1.56.